The van der Waals surface area contributed by atoms with Crippen molar-refractivity contribution in [2.45, 2.75) is 37.6 Å². The highest BCUT2D eigenvalue weighted by Gasteiger charge is 2.11. The van der Waals surface area contributed by atoms with Gasteiger partial charge in [-0.3, -0.25) is 4.79 Å². The van der Waals surface area contributed by atoms with Crippen molar-refractivity contribution in [2.24, 2.45) is 0 Å². The van der Waals surface area contributed by atoms with Gasteiger partial charge in [-0.05, 0) is 55.2 Å². The van der Waals surface area contributed by atoms with Crippen LogP contribution >= 0.6 is 11.8 Å². The zero-order chi connectivity index (χ0) is 25.2. The zero-order valence-corrected chi connectivity index (χ0v) is 21.9. The molecule has 0 saturated carbocycles. The van der Waals surface area contributed by atoms with Crippen LogP contribution in [0.5, 0.6) is 11.5 Å². The number of likely N-dealkylation sites (N-methyl/N-ethyl adjacent to an activating group) is 1. The lowest BCUT2D eigenvalue weighted by molar-refractivity contribution is 0.0956. The fourth-order valence-corrected chi connectivity index (χ4v) is 4.34. The van der Waals surface area contributed by atoms with Gasteiger partial charge in [0.1, 0.15) is 5.82 Å². The predicted octanol–water partition coefficient (Wildman–Crippen LogP) is 4.78. The van der Waals surface area contributed by atoms with Gasteiger partial charge in [0.15, 0.2) is 16.7 Å². The second-order valence-electron chi connectivity index (χ2n) is 8.06. The minimum Gasteiger partial charge on any atom is -0.493 e. The van der Waals surface area contributed by atoms with E-state index in [9.17, 15) is 4.79 Å². The average Bonchev–Trinajstić information content (AvgIpc) is 2.90. The van der Waals surface area contributed by atoms with E-state index in [-0.39, 0.29) is 5.91 Å². The molecule has 0 saturated heterocycles. The maximum absolute atomic E-state index is 12.0. The van der Waals surface area contributed by atoms with Gasteiger partial charge >= 0.3 is 0 Å². The highest BCUT2D eigenvalue weighted by molar-refractivity contribution is 7.98. The molecule has 0 aliphatic carbocycles. The Labute approximate surface area is 212 Å². The minimum atomic E-state index is -0.0496. The Balaban J connectivity index is 1.65. The molecule has 0 unspecified atom stereocenters. The summed E-state index contributed by atoms with van der Waals surface area (Å²) in [6, 6.07) is 15.8. The summed E-state index contributed by atoms with van der Waals surface area (Å²) in [6.45, 7) is 5.44. The molecule has 0 aliphatic heterocycles. The summed E-state index contributed by atoms with van der Waals surface area (Å²) < 4.78 is 10.8. The van der Waals surface area contributed by atoms with Crippen molar-refractivity contribution in [3.8, 4) is 11.5 Å². The molecule has 3 rings (SSSR count). The molecule has 1 N–H and O–H groups in total. The highest BCUT2D eigenvalue weighted by Crippen LogP contribution is 2.28. The van der Waals surface area contributed by atoms with E-state index in [4.69, 9.17) is 19.4 Å². The van der Waals surface area contributed by atoms with Gasteiger partial charge in [-0.1, -0.05) is 36.9 Å². The van der Waals surface area contributed by atoms with Crippen molar-refractivity contribution in [3.63, 3.8) is 0 Å². The summed E-state index contributed by atoms with van der Waals surface area (Å²) in [5.74, 6) is 3.06. The molecular weight excluding hydrogens is 460 g/mol. The first-order chi connectivity index (χ1) is 17.0. The van der Waals surface area contributed by atoms with Gasteiger partial charge in [0.25, 0.3) is 5.91 Å². The molecule has 0 aliphatic rings. The van der Waals surface area contributed by atoms with Crippen molar-refractivity contribution in [1.29, 1.82) is 0 Å². The lowest BCUT2D eigenvalue weighted by atomic mass is 10.1. The number of hydrogen-bond donors (Lipinski definition) is 1. The van der Waals surface area contributed by atoms with Crippen molar-refractivity contribution < 1.29 is 14.3 Å². The topological polar surface area (TPSA) is 76.6 Å². The Morgan fingerprint density at radius 3 is 2.34 bits per heavy atom. The van der Waals surface area contributed by atoms with E-state index in [2.05, 4.69) is 36.3 Å². The Morgan fingerprint density at radius 1 is 0.971 bits per heavy atom. The van der Waals surface area contributed by atoms with Crippen molar-refractivity contribution in [3.05, 3.63) is 70.9 Å². The van der Waals surface area contributed by atoms with E-state index < -0.39 is 0 Å². The number of nitrogens with one attached hydrogen (secondary N) is 1. The molecule has 7 nitrogen and oxygen atoms in total. The average molecular weight is 495 g/mol. The molecule has 186 valence electrons. The highest BCUT2D eigenvalue weighted by atomic mass is 32.2. The number of carbonyl (C=O) groups excluding carboxylic acids is 1. The van der Waals surface area contributed by atoms with Crippen molar-refractivity contribution >= 4 is 23.5 Å². The molecule has 0 atom stereocenters. The van der Waals surface area contributed by atoms with Gasteiger partial charge in [-0.2, -0.15) is 0 Å². The number of anilines is 1. The molecule has 0 radical (unpaired) electrons. The SMILES string of the molecule is CCNC(=O)c1ccc(CSc2nc(CC)cc(N(C)CCc3ccc(OC)c(OC)c3)n2)cc1. The van der Waals surface area contributed by atoms with E-state index in [0.717, 1.165) is 58.9 Å². The van der Waals surface area contributed by atoms with Crippen molar-refractivity contribution in [2.75, 3.05) is 39.3 Å². The van der Waals surface area contributed by atoms with Crippen LogP contribution in [0.2, 0.25) is 0 Å². The van der Waals surface area contributed by atoms with E-state index in [1.54, 1.807) is 26.0 Å². The van der Waals surface area contributed by atoms with Crippen LogP contribution in [0.3, 0.4) is 0 Å². The van der Waals surface area contributed by atoms with Crippen LogP contribution in [0, 0.1) is 0 Å². The van der Waals surface area contributed by atoms with Gasteiger partial charge < -0.3 is 19.7 Å². The molecule has 1 aromatic heterocycles. The first-order valence-electron chi connectivity index (χ1n) is 11.8. The number of aryl methyl sites for hydroxylation is 1. The normalized spacial score (nSPS) is 10.7. The van der Waals surface area contributed by atoms with Gasteiger partial charge in [-0.15, -0.1) is 0 Å². The molecule has 2 aromatic carbocycles. The number of methoxy groups -OCH3 is 2. The van der Waals surface area contributed by atoms with Gasteiger partial charge in [-0.25, -0.2) is 9.97 Å². The van der Waals surface area contributed by atoms with Crippen LogP contribution < -0.4 is 19.7 Å². The van der Waals surface area contributed by atoms with E-state index in [0.29, 0.717) is 12.1 Å². The molecule has 0 bridgehead atoms. The number of amides is 1. The first kappa shape index (κ1) is 26.3. The third-order valence-corrected chi connectivity index (χ3v) is 6.52. The van der Waals surface area contributed by atoms with Gasteiger partial charge in [0, 0.05) is 43.2 Å². The summed E-state index contributed by atoms with van der Waals surface area (Å²) in [5, 5.41) is 3.57. The second kappa shape index (κ2) is 13.0. The van der Waals surface area contributed by atoms with Crippen LogP contribution in [-0.4, -0.2) is 50.2 Å². The molecule has 0 spiro atoms. The van der Waals surface area contributed by atoms with E-state index in [1.165, 1.54) is 5.56 Å². The van der Waals surface area contributed by atoms with E-state index in [1.807, 2.05) is 43.3 Å². The molecule has 3 aromatic rings. The maximum atomic E-state index is 12.0. The number of ether oxygens (including phenoxy) is 2. The Kier molecular flexibility index (Phi) is 9.78. The van der Waals surface area contributed by atoms with Crippen LogP contribution in [0.15, 0.2) is 53.7 Å². The van der Waals surface area contributed by atoms with E-state index >= 15 is 0 Å². The van der Waals surface area contributed by atoms with Crippen molar-refractivity contribution in [1.82, 2.24) is 15.3 Å². The minimum absolute atomic E-state index is 0.0496. The quantitative estimate of drug-likeness (QED) is 0.287. The smallest absolute Gasteiger partial charge is 0.251 e. The number of rotatable bonds is 12. The third-order valence-electron chi connectivity index (χ3n) is 5.60. The summed E-state index contributed by atoms with van der Waals surface area (Å²) in [6.07, 6.45) is 1.69. The molecular formula is C27H34N4O3S. The summed E-state index contributed by atoms with van der Waals surface area (Å²) >= 11 is 1.60. The lowest BCUT2D eigenvalue weighted by Crippen LogP contribution is -2.22. The van der Waals surface area contributed by atoms with Gasteiger partial charge in [0.05, 0.1) is 14.2 Å². The number of hydrogen-bond acceptors (Lipinski definition) is 7. The molecule has 0 fully saturated rings. The number of carbonyl (C=O) groups is 1. The fourth-order valence-electron chi connectivity index (χ4n) is 3.51. The molecule has 1 heterocycles. The van der Waals surface area contributed by atoms with Crippen LogP contribution in [-0.2, 0) is 18.6 Å². The van der Waals surface area contributed by atoms with Crippen LogP contribution in [0.4, 0.5) is 5.82 Å². The standard InChI is InChI=1S/C27H34N4O3S/c1-6-22-17-25(31(3)15-14-19-10-13-23(33-4)24(16-19)34-5)30-27(29-22)35-18-20-8-11-21(12-9-20)26(32)28-7-2/h8-13,16-17H,6-7,14-15,18H2,1-5H3,(H,28,32). The largest absolute Gasteiger partial charge is 0.493 e. The predicted molar refractivity (Wildman–Crippen MR) is 142 cm³/mol. The second-order valence-corrected chi connectivity index (χ2v) is 9.00. The molecule has 1 amide bonds. The third kappa shape index (κ3) is 7.36. The molecule has 8 heteroatoms. The monoisotopic (exact) mass is 494 g/mol. The van der Waals surface area contributed by atoms with Gasteiger partial charge in [0.2, 0.25) is 0 Å². The number of thioether (sulfide) groups is 1. The number of benzene rings is 2. The number of aromatic nitrogens is 2. The Bertz CT molecular complexity index is 1120. The first-order valence-corrected chi connectivity index (χ1v) is 12.8. The summed E-state index contributed by atoms with van der Waals surface area (Å²) in [4.78, 5) is 23.6. The summed E-state index contributed by atoms with van der Waals surface area (Å²) in [5.41, 5.74) is 3.98. The number of nitrogens with zero attached hydrogens (tertiary/aromatic N) is 3. The Morgan fingerprint density at radius 2 is 1.69 bits per heavy atom. The molecule has 35 heavy (non-hydrogen) atoms. The zero-order valence-electron chi connectivity index (χ0n) is 21.1. The fraction of sp³-hybridized carbons (Fsp3) is 0.370. The van der Waals surface area contributed by atoms with Crippen LogP contribution in [0.1, 0.15) is 41.0 Å². The van der Waals surface area contributed by atoms with Crippen LogP contribution in [0.25, 0.3) is 0 Å². The Hall–Kier alpha value is -3.26. The maximum Gasteiger partial charge on any atom is 0.251 e. The lowest BCUT2D eigenvalue weighted by Gasteiger charge is -2.20. The summed E-state index contributed by atoms with van der Waals surface area (Å²) in [7, 11) is 5.34.